The maximum absolute atomic E-state index is 11.6. The fraction of sp³-hybridized carbons (Fsp3) is 0.889. The molecule has 0 aromatic heterocycles. The fourth-order valence-electron chi connectivity index (χ4n) is 1.93. The Balaban J connectivity index is 1.77. The molecule has 0 unspecified atom stereocenters. The molecule has 1 aliphatic carbocycles. The topological polar surface area (TPSA) is 67.1 Å². The Bertz CT molecular complexity index is 209. The maximum atomic E-state index is 11.6. The van der Waals surface area contributed by atoms with Crippen molar-refractivity contribution in [1.82, 2.24) is 10.6 Å². The lowest BCUT2D eigenvalue weighted by Gasteiger charge is -2.16. The monoisotopic (exact) mass is 183 g/mol. The fourth-order valence-corrected chi connectivity index (χ4v) is 1.93. The van der Waals surface area contributed by atoms with Crippen LogP contribution in [0.1, 0.15) is 19.8 Å². The van der Waals surface area contributed by atoms with Gasteiger partial charge in [0.1, 0.15) is 0 Å². The van der Waals surface area contributed by atoms with Crippen molar-refractivity contribution in [2.24, 2.45) is 11.7 Å². The van der Waals surface area contributed by atoms with E-state index in [4.69, 9.17) is 5.73 Å². The average molecular weight is 183 g/mol. The van der Waals surface area contributed by atoms with Gasteiger partial charge in [-0.15, -0.1) is 0 Å². The van der Waals surface area contributed by atoms with Gasteiger partial charge in [-0.25, -0.2) is 0 Å². The first-order chi connectivity index (χ1) is 6.20. The number of piperidine rings is 1. The summed E-state index contributed by atoms with van der Waals surface area (Å²) in [4.78, 5) is 11.6. The molecule has 4 N–H and O–H groups in total. The molecule has 4 atom stereocenters. The molecule has 0 aromatic carbocycles. The van der Waals surface area contributed by atoms with E-state index in [1.54, 1.807) is 0 Å². The second-order valence-electron chi connectivity index (χ2n) is 4.20. The predicted octanol–water partition coefficient (Wildman–Crippen LogP) is -0.800. The zero-order valence-corrected chi connectivity index (χ0v) is 7.92. The van der Waals surface area contributed by atoms with E-state index in [-0.39, 0.29) is 18.0 Å². The molecule has 1 saturated heterocycles. The summed E-state index contributed by atoms with van der Waals surface area (Å²) in [6, 6.07) is 0.757. The van der Waals surface area contributed by atoms with Gasteiger partial charge in [0.15, 0.2) is 0 Å². The molecule has 0 spiro atoms. The Morgan fingerprint density at radius 3 is 3.00 bits per heavy atom. The Morgan fingerprint density at radius 2 is 2.46 bits per heavy atom. The van der Waals surface area contributed by atoms with E-state index in [0.29, 0.717) is 12.6 Å². The largest absolute Gasteiger partial charge is 0.351 e. The summed E-state index contributed by atoms with van der Waals surface area (Å²) in [5.41, 5.74) is 5.42. The summed E-state index contributed by atoms with van der Waals surface area (Å²) < 4.78 is 0. The van der Waals surface area contributed by atoms with Crippen LogP contribution in [0.3, 0.4) is 0 Å². The highest BCUT2D eigenvalue weighted by molar-refractivity contribution is 5.82. The van der Waals surface area contributed by atoms with Crippen LogP contribution in [-0.4, -0.2) is 30.6 Å². The molecule has 4 nitrogen and oxygen atoms in total. The number of hydrogen-bond acceptors (Lipinski definition) is 3. The highest BCUT2D eigenvalue weighted by Crippen LogP contribution is 2.40. The summed E-state index contributed by atoms with van der Waals surface area (Å²) in [7, 11) is 0. The van der Waals surface area contributed by atoms with Gasteiger partial charge >= 0.3 is 0 Å². The van der Waals surface area contributed by atoms with E-state index >= 15 is 0 Å². The molecule has 2 rings (SSSR count). The van der Waals surface area contributed by atoms with Crippen LogP contribution in [0.5, 0.6) is 0 Å². The lowest BCUT2D eigenvalue weighted by atomic mass is 10.1. The highest BCUT2D eigenvalue weighted by Gasteiger charge is 2.47. The van der Waals surface area contributed by atoms with Crippen LogP contribution in [0.4, 0.5) is 0 Å². The van der Waals surface area contributed by atoms with Crippen LogP contribution in [0.2, 0.25) is 0 Å². The van der Waals surface area contributed by atoms with Crippen LogP contribution in [0, 0.1) is 5.92 Å². The quantitative estimate of drug-likeness (QED) is 0.536. The van der Waals surface area contributed by atoms with E-state index in [1.165, 1.54) is 6.42 Å². The number of carbonyl (C=O) groups is 1. The van der Waals surface area contributed by atoms with Crippen molar-refractivity contribution >= 4 is 5.91 Å². The Hall–Kier alpha value is -0.610. The van der Waals surface area contributed by atoms with E-state index < -0.39 is 0 Å². The third kappa shape index (κ3) is 1.84. The second kappa shape index (κ2) is 3.27. The Morgan fingerprint density at radius 1 is 1.69 bits per heavy atom. The molecule has 2 fully saturated rings. The highest BCUT2D eigenvalue weighted by atomic mass is 16.2. The van der Waals surface area contributed by atoms with Gasteiger partial charge < -0.3 is 16.4 Å². The number of fused-ring (bicyclic) bond motifs is 1. The summed E-state index contributed by atoms with van der Waals surface area (Å²) >= 11 is 0. The summed E-state index contributed by atoms with van der Waals surface area (Å²) in [6.07, 6.45) is 2.27. The van der Waals surface area contributed by atoms with Crippen molar-refractivity contribution in [3.05, 3.63) is 0 Å². The molecular formula is C9H17N3O. The molecule has 74 valence electrons. The van der Waals surface area contributed by atoms with Gasteiger partial charge in [0.25, 0.3) is 0 Å². The van der Waals surface area contributed by atoms with Crippen molar-refractivity contribution in [2.45, 2.75) is 37.9 Å². The summed E-state index contributed by atoms with van der Waals surface area (Å²) in [5, 5.41) is 6.19. The van der Waals surface area contributed by atoms with Gasteiger partial charge in [-0.2, -0.15) is 0 Å². The second-order valence-corrected chi connectivity index (χ2v) is 4.20. The minimum Gasteiger partial charge on any atom is -0.351 e. The number of nitrogens with one attached hydrogen (secondary N) is 2. The number of carbonyl (C=O) groups excluding carboxylic acids is 1. The summed E-state index contributed by atoms with van der Waals surface area (Å²) in [6.45, 7) is 2.43. The number of nitrogens with two attached hydrogens (primary N) is 1. The molecule has 1 heterocycles. The first-order valence-electron chi connectivity index (χ1n) is 4.97. The zero-order valence-electron chi connectivity index (χ0n) is 7.92. The number of hydrogen-bond donors (Lipinski definition) is 3. The van der Waals surface area contributed by atoms with Crippen molar-refractivity contribution in [2.75, 3.05) is 6.54 Å². The van der Waals surface area contributed by atoms with Crippen molar-refractivity contribution in [3.63, 3.8) is 0 Å². The molecule has 1 saturated carbocycles. The standard InChI is InChI=1S/C9H17N3O/c1-5(4-10)11-9(13)8-3-6-2-7(6)12-8/h5-8,12H,2-4,10H2,1H3,(H,11,13)/t5-,6-,7-,8+/m1/s1. The van der Waals surface area contributed by atoms with E-state index in [1.807, 2.05) is 6.92 Å². The van der Waals surface area contributed by atoms with Gasteiger partial charge in [0.2, 0.25) is 5.91 Å². The molecule has 13 heavy (non-hydrogen) atoms. The molecule has 4 heteroatoms. The van der Waals surface area contributed by atoms with Crippen LogP contribution in [-0.2, 0) is 4.79 Å². The molecule has 0 aromatic rings. The third-order valence-electron chi connectivity index (χ3n) is 2.94. The molecule has 0 radical (unpaired) electrons. The molecular weight excluding hydrogens is 166 g/mol. The first kappa shape index (κ1) is 8.97. The lowest BCUT2D eigenvalue weighted by molar-refractivity contribution is -0.123. The van der Waals surface area contributed by atoms with Gasteiger partial charge in [0.05, 0.1) is 6.04 Å². The number of rotatable bonds is 3. The van der Waals surface area contributed by atoms with Crippen LogP contribution in [0.25, 0.3) is 0 Å². The van der Waals surface area contributed by atoms with Crippen LogP contribution < -0.4 is 16.4 Å². The molecule has 1 amide bonds. The molecule has 1 aliphatic heterocycles. The normalized spacial score (nSPS) is 38.2. The van der Waals surface area contributed by atoms with Crippen molar-refractivity contribution in [1.29, 1.82) is 0 Å². The smallest absolute Gasteiger partial charge is 0.237 e. The average Bonchev–Trinajstić information content (AvgIpc) is 2.73. The van der Waals surface area contributed by atoms with Gasteiger partial charge in [-0.05, 0) is 25.7 Å². The van der Waals surface area contributed by atoms with Gasteiger partial charge in [-0.3, -0.25) is 4.79 Å². The Kier molecular flexibility index (Phi) is 2.26. The molecule has 2 aliphatic rings. The zero-order chi connectivity index (χ0) is 9.42. The number of amides is 1. The Labute approximate surface area is 78.2 Å². The minimum absolute atomic E-state index is 0.0396. The van der Waals surface area contributed by atoms with E-state index in [9.17, 15) is 4.79 Å². The van der Waals surface area contributed by atoms with Gasteiger partial charge in [-0.1, -0.05) is 0 Å². The predicted molar refractivity (Wildman–Crippen MR) is 50.1 cm³/mol. The van der Waals surface area contributed by atoms with Crippen molar-refractivity contribution < 1.29 is 4.79 Å². The minimum atomic E-state index is 0.0396. The van der Waals surface area contributed by atoms with Crippen LogP contribution >= 0.6 is 0 Å². The summed E-state index contributed by atoms with van der Waals surface area (Å²) in [5.74, 6) is 0.883. The lowest BCUT2D eigenvalue weighted by Crippen LogP contribution is -2.47. The molecule has 0 bridgehead atoms. The van der Waals surface area contributed by atoms with E-state index in [0.717, 1.165) is 12.3 Å². The first-order valence-corrected chi connectivity index (χ1v) is 4.97. The third-order valence-corrected chi connectivity index (χ3v) is 2.94. The van der Waals surface area contributed by atoms with Crippen molar-refractivity contribution in [3.8, 4) is 0 Å². The van der Waals surface area contributed by atoms with E-state index in [2.05, 4.69) is 10.6 Å². The maximum Gasteiger partial charge on any atom is 0.237 e. The van der Waals surface area contributed by atoms with Crippen LogP contribution in [0.15, 0.2) is 0 Å². The SMILES string of the molecule is C[C@H](CN)NC(=O)[C@@H]1C[C@H]2C[C@H]2N1. The van der Waals surface area contributed by atoms with Gasteiger partial charge in [0, 0.05) is 18.6 Å².